The molecule has 0 aromatic heterocycles. The number of aryl methyl sites for hydroxylation is 1. The standard InChI is InChI=1S/C20H21FN2O/c1-12-5-6-16(17(7-12)13-3-2-4-15(21)8-13)20(24)23-11-14-9-18(14)19(23)10-22/h2-8,14,18-19H,9-11,22H2,1H3/t14-,18-,19?/m1/s1. The second kappa shape index (κ2) is 5.71. The quantitative estimate of drug-likeness (QED) is 0.942. The molecule has 1 saturated carbocycles. The van der Waals surface area contributed by atoms with E-state index in [9.17, 15) is 9.18 Å². The van der Waals surface area contributed by atoms with E-state index in [4.69, 9.17) is 5.73 Å². The lowest BCUT2D eigenvalue weighted by Gasteiger charge is -2.27. The van der Waals surface area contributed by atoms with E-state index in [1.807, 2.05) is 36.1 Å². The van der Waals surface area contributed by atoms with E-state index >= 15 is 0 Å². The highest BCUT2D eigenvalue weighted by Gasteiger charge is 2.53. The van der Waals surface area contributed by atoms with Gasteiger partial charge in [-0.05, 0) is 54.5 Å². The number of benzene rings is 2. The van der Waals surface area contributed by atoms with Crippen molar-refractivity contribution < 1.29 is 9.18 Å². The molecule has 2 aromatic carbocycles. The minimum atomic E-state index is -0.297. The molecule has 2 N–H and O–H groups in total. The normalized spacial score (nSPS) is 24.8. The molecule has 0 bridgehead atoms. The van der Waals surface area contributed by atoms with Gasteiger partial charge in [0.1, 0.15) is 5.82 Å². The molecule has 2 fully saturated rings. The van der Waals surface area contributed by atoms with Crippen molar-refractivity contribution in [2.75, 3.05) is 13.1 Å². The number of carbonyl (C=O) groups is 1. The zero-order valence-corrected chi connectivity index (χ0v) is 13.7. The molecular formula is C20H21FN2O. The van der Waals surface area contributed by atoms with Crippen LogP contribution >= 0.6 is 0 Å². The van der Waals surface area contributed by atoms with Crippen LogP contribution < -0.4 is 5.73 Å². The maximum absolute atomic E-state index is 13.6. The van der Waals surface area contributed by atoms with Crippen LogP contribution in [-0.4, -0.2) is 29.9 Å². The van der Waals surface area contributed by atoms with E-state index in [0.717, 1.165) is 23.2 Å². The summed E-state index contributed by atoms with van der Waals surface area (Å²) in [6.07, 6.45) is 1.19. The summed E-state index contributed by atoms with van der Waals surface area (Å²) in [5.74, 6) is 0.902. The van der Waals surface area contributed by atoms with E-state index in [-0.39, 0.29) is 17.8 Å². The molecule has 1 aliphatic heterocycles. The third kappa shape index (κ3) is 2.51. The molecule has 1 unspecified atom stereocenters. The summed E-state index contributed by atoms with van der Waals surface area (Å²) in [5.41, 5.74) is 9.10. The summed E-state index contributed by atoms with van der Waals surface area (Å²) in [6, 6.07) is 12.3. The Kier molecular flexibility index (Phi) is 3.65. The van der Waals surface area contributed by atoms with Gasteiger partial charge >= 0.3 is 0 Å². The Balaban J connectivity index is 1.74. The van der Waals surface area contributed by atoms with E-state index in [1.54, 1.807) is 6.07 Å². The predicted octanol–water partition coefficient (Wildman–Crippen LogP) is 3.22. The largest absolute Gasteiger partial charge is 0.334 e. The Morgan fingerprint density at radius 3 is 2.88 bits per heavy atom. The molecule has 1 heterocycles. The summed E-state index contributed by atoms with van der Waals surface area (Å²) in [4.78, 5) is 15.1. The zero-order chi connectivity index (χ0) is 16.8. The highest BCUT2D eigenvalue weighted by atomic mass is 19.1. The van der Waals surface area contributed by atoms with Gasteiger partial charge in [-0.25, -0.2) is 4.39 Å². The van der Waals surface area contributed by atoms with Gasteiger partial charge in [-0.2, -0.15) is 0 Å². The molecule has 0 spiro atoms. The fourth-order valence-electron chi connectivity index (χ4n) is 4.00. The number of hydrogen-bond acceptors (Lipinski definition) is 2. The van der Waals surface area contributed by atoms with E-state index in [0.29, 0.717) is 23.9 Å². The topological polar surface area (TPSA) is 46.3 Å². The summed E-state index contributed by atoms with van der Waals surface area (Å²) in [5, 5.41) is 0. The average Bonchev–Trinajstić information content (AvgIpc) is 3.25. The van der Waals surface area contributed by atoms with Gasteiger partial charge in [-0.1, -0.05) is 29.8 Å². The van der Waals surface area contributed by atoms with Crippen LogP contribution in [0.1, 0.15) is 22.3 Å². The number of nitrogens with two attached hydrogens (primary N) is 1. The molecular weight excluding hydrogens is 303 g/mol. The summed E-state index contributed by atoms with van der Waals surface area (Å²) < 4.78 is 13.6. The van der Waals surface area contributed by atoms with Crippen molar-refractivity contribution in [2.24, 2.45) is 17.6 Å². The first kappa shape index (κ1) is 15.3. The monoisotopic (exact) mass is 324 g/mol. The second-order valence-electron chi connectivity index (χ2n) is 6.98. The van der Waals surface area contributed by atoms with Crippen molar-refractivity contribution in [3.05, 3.63) is 59.4 Å². The first-order chi connectivity index (χ1) is 11.6. The second-order valence-corrected chi connectivity index (χ2v) is 6.98. The van der Waals surface area contributed by atoms with E-state index in [1.165, 1.54) is 18.6 Å². The number of nitrogens with zero attached hydrogens (tertiary/aromatic N) is 1. The Morgan fingerprint density at radius 1 is 1.29 bits per heavy atom. The lowest BCUT2D eigenvalue weighted by Crippen LogP contribution is -2.43. The van der Waals surface area contributed by atoms with E-state index in [2.05, 4.69) is 0 Å². The summed E-state index contributed by atoms with van der Waals surface area (Å²) in [7, 11) is 0. The molecule has 3 atom stereocenters. The molecule has 3 nitrogen and oxygen atoms in total. The molecule has 2 aromatic rings. The maximum atomic E-state index is 13.6. The van der Waals surface area contributed by atoms with Crippen LogP contribution in [-0.2, 0) is 0 Å². The van der Waals surface area contributed by atoms with Gasteiger partial charge in [0.05, 0.1) is 0 Å². The zero-order valence-electron chi connectivity index (χ0n) is 13.7. The van der Waals surface area contributed by atoms with Crippen LogP contribution in [0.3, 0.4) is 0 Å². The van der Waals surface area contributed by atoms with Gasteiger partial charge in [-0.15, -0.1) is 0 Å². The SMILES string of the molecule is Cc1ccc(C(=O)N2C[C@H]3C[C@H]3C2CN)c(-c2cccc(F)c2)c1. The van der Waals surface area contributed by atoms with Crippen LogP contribution in [0.4, 0.5) is 4.39 Å². The van der Waals surface area contributed by atoms with Crippen molar-refractivity contribution in [1.82, 2.24) is 4.90 Å². The first-order valence-corrected chi connectivity index (χ1v) is 8.46. The fourth-order valence-corrected chi connectivity index (χ4v) is 4.00. The lowest BCUT2D eigenvalue weighted by molar-refractivity contribution is 0.0713. The predicted molar refractivity (Wildman–Crippen MR) is 92.0 cm³/mol. The number of piperidine rings is 1. The lowest BCUT2D eigenvalue weighted by atomic mass is 9.96. The molecule has 0 radical (unpaired) electrons. The van der Waals surface area contributed by atoms with Crippen molar-refractivity contribution >= 4 is 5.91 Å². The van der Waals surface area contributed by atoms with Gasteiger partial charge in [0, 0.05) is 24.7 Å². The molecule has 24 heavy (non-hydrogen) atoms. The molecule has 4 heteroatoms. The van der Waals surface area contributed by atoms with Gasteiger partial charge in [0.15, 0.2) is 0 Å². The number of carbonyl (C=O) groups excluding carboxylic acids is 1. The van der Waals surface area contributed by atoms with Crippen LogP contribution in [0, 0.1) is 24.6 Å². The Hall–Kier alpha value is -2.20. The van der Waals surface area contributed by atoms with Crippen LogP contribution in [0.15, 0.2) is 42.5 Å². The number of halogens is 1. The number of hydrogen-bond donors (Lipinski definition) is 1. The molecule has 1 saturated heterocycles. The van der Waals surface area contributed by atoms with Gasteiger partial charge in [0.2, 0.25) is 0 Å². The van der Waals surface area contributed by atoms with Crippen molar-refractivity contribution in [2.45, 2.75) is 19.4 Å². The third-order valence-electron chi connectivity index (χ3n) is 5.35. The number of fused-ring (bicyclic) bond motifs is 1. The van der Waals surface area contributed by atoms with Gasteiger partial charge in [-0.3, -0.25) is 4.79 Å². The van der Waals surface area contributed by atoms with Crippen LogP contribution in [0.25, 0.3) is 11.1 Å². The van der Waals surface area contributed by atoms with Crippen molar-refractivity contribution in [3.63, 3.8) is 0 Å². The third-order valence-corrected chi connectivity index (χ3v) is 5.35. The molecule has 1 aliphatic carbocycles. The minimum absolute atomic E-state index is 0.0110. The van der Waals surface area contributed by atoms with Crippen molar-refractivity contribution in [3.8, 4) is 11.1 Å². The van der Waals surface area contributed by atoms with Gasteiger partial charge in [0.25, 0.3) is 5.91 Å². The maximum Gasteiger partial charge on any atom is 0.254 e. The molecule has 2 aliphatic rings. The fraction of sp³-hybridized carbons (Fsp3) is 0.350. The van der Waals surface area contributed by atoms with Gasteiger partial charge < -0.3 is 10.6 Å². The summed E-state index contributed by atoms with van der Waals surface area (Å²) >= 11 is 0. The Labute approximate surface area is 141 Å². The molecule has 4 rings (SSSR count). The Morgan fingerprint density at radius 2 is 2.12 bits per heavy atom. The summed E-state index contributed by atoms with van der Waals surface area (Å²) in [6.45, 7) is 3.28. The Bertz CT molecular complexity index is 804. The highest BCUT2D eigenvalue weighted by Crippen LogP contribution is 2.49. The number of rotatable bonds is 3. The first-order valence-electron chi connectivity index (χ1n) is 8.46. The van der Waals surface area contributed by atoms with Crippen LogP contribution in [0.2, 0.25) is 0 Å². The molecule has 124 valence electrons. The minimum Gasteiger partial charge on any atom is -0.334 e. The smallest absolute Gasteiger partial charge is 0.254 e. The number of likely N-dealkylation sites (tertiary alicyclic amines) is 1. The molecule has 1 amide bonds. The van der Waals surface area contributed by atoms with E-state index < -0.39 is 0 Å². The number of amides is 1. The highest BCUT2D eigenvalue weighted by molar-refractivity contribution is 6.01. The van der Waals surface area contributed by atoms with Crippen LogP contribution in [0.5, 0.6) is 0 Å². The average molecular weight is 324 g/mol. The van der Waals surface area contributed by atoms with Crippen molar-refractivity contribution in [1.29, 1.82) is 0 Å².